The van der Waals surface area contributed by atoms with Crippen molar-refractivity contribution < 1.29 is 10.2 Å². The van der Waals surface area contributed by atoms with Gasteiger partial charge in [-0.15, -0.1) is 0 Å². The van der Waals surface area contributed by atoms with Crippen LogP contribution < -0.4 is 10.6 Å². The first kappa shape index (κ1) is 20.9. The number of phenolic OH excluding ortho intramolecular Hbond substituents is 1. The van der Waals surface area contributed by atoms with Gasteiger partial charge in [-0.25, -0.2) is 4.98 Å². The van der Waals surface area contributed by atoms with Crippen LogP contribution in [0, 0.1) is 6.92 Å². The predicted octanol–water partition coefficient (Wildman–Crippen LogP) is 3.61. The molecule has 3 aromatic rings. The number of hydrogen-bond donors (Lipinski definition) is 4. The normalized spacial score (nSPS) is 12.0. The summed E-state index contributed by atoms with van der Waals surface area (Å²) >= 11 is 0. The maximum atomic E-state index is 10.1. The van der Waals surface area contributed by atoms with Crippen LogP contribution in [-0.4, -0.2) is 41.9 Å². The summed E-state index contributed by atoms with van der Waals surface area (Å²) in [5, 5.41) is 26.5. The van der Waals surface area contributed by atoms with E-state index >= 15 is 0 Å². The van der Waals surface area contributed by atoms with Crippen LogP contribution in [0.2, 0.25) is 0 Å². The molecule has 0 saturated carbocycles. The van der Waals surface area contributed by atoms with Gasteiger partial charge in [0, 0.05) is 24.7 Å². The Morgan fingerprint density at radius 1 is 1.17 bits per heavy atom. The lowest BCUT2D eigenvalue weighted by molar-refractivity contribution is 0.0748. The third kappa shape index (κ3) is 5.14. The Balaban J connectivity index is 1.90. The molecule has 0 saturated heterocycles. The summed E-state index contributed by atoms with van der Waals surface area (Å²) in [6.07, 6.45) is 2.33. The maximum Gasteiger partial charge on any atom is 0.226 e. The average molecular weight is 399 g/mol. The Bertz CT molecular complexity index is 991. The fraction of sp³-hybridized carbons (Fsp3) is 0.476. The van der Waals surface area contributed by atoms with E-state index in [1.165, 1.54) is 0 Å². The molecule has 156 valence electrons. The molecule has 0 radical (unpaired) electrons. The molecule has 0 aliphatic carbocycles. The zero-order chi connectivity index (χ0) is 21.2. The molecule has 0 fully saturated rings. The number of aromatic nitrogens is 4. The first-order chi connectivity index (χ1) is 13.6. The Labute approximate surface area is 171 Å². The van der Waals surface area contributed by atoms with Crippen LogP contribution in [0.4, 0.5) is 11.8 Å². The largest absolute Gasteiger partial charge is 0.508 e. The van der Waals surface area contributed by atoms with Crippen molar-refractivity contribution in [3.05, 3.63) is 35.7 Å². The van der Waals surface area contributed by atoms with E-state index in [-0.39, 0.29) is 11.8 Å². The minimum Gasteiger partial charge on any atom is -0.508 e. The summed E-state index contributed by atoms with van der Waals surface area (Å²) in [5.74, 6) is 1.31. The fourth-order valence-corrected chi connectivity index (χ4v) is 3.01. The first-order valence-electron chi connectivity index (χ1n) is 9.87. The van der Waals surface area contributed by atoms with Crippen LogP contribution in [-0.2, 0) is 6.54 Å². The van der Waals surface area contributed by atoms with E-state index in [2.05, 4.69) is 39.4 Å². The van der Waals surface area contributed by atoms with Crippen molar-refractivity contribution in [2.75, 3.05) is 17.2 Å². The quantitative estimate of drug-likeness (QED) is 0.459. The number of phenols is 1. The van der Waals surface area contributed by atoms with E-state index in [0.29, 0.717) is 36.8 Å². The molecule has 0 aliphatic rings. The molecule has 1 aromatic carbocycles. The summed E-state index contributed by atoms with van der Waals surface area (Å²) in [5.41, 5.74) is 2.51. The molecule has 0 atom stereocenters. The summed E-state index contributed by atoms with van der Waals surface area (Å²) in [4.78, 5) is 13.7. The van der Waals surface area contributed by atoms with Gasteiger partial charge >= 0.3 is 0 Å². The second-order valence-corrected chi connectivity index (χ2v) is 8.29. The summed E-state index contributed by atoms with van der Waals surface area (Å²) in [6, 6.07) is 5.71. The van der Waals surface area contributed by atoms with Crippen molar-refractivity contribution >= 4 is 22.9 Å². The zero-order valence-corrected chi connectivity index (χ0v) is 17.7. The lowest BCUT2D eigenvalue weighted by Crippen LogP contribution is -2.23. The first-order valence-corrected chi connectivity index (χ1v) is 9.87. The third-order valence-corrected chi connectivity index (χ3v) is 4.68. The van der Waals surface area contributed by atoms with Gasteiger partial charge in [-0.1, -0.05) is 17.7 Å². The van der Waals surface area contributed by atoms with E-state index in [0.717, 1.165) is 16.8 Å². The highest BCUT2D eigenvalue weighted by Crippen LogP contribution is 2.25. The number of aromatic hydroxyl groups is 1. The molecular weight excluding hydrogens is 368 g/mol. The van der Waals surface area contributed by atoms with Crippen LogP contribution in [0.1, 0.15) is 51.3 Å². The van der Waals surface area contributed by atoms with Crippen LogP contribution >= 0.6 is 0 Å². The Morgan fingerprint density at radius 2 is 1.93 bits per heavy atom. The summed E-state index contributed by atoms with van der Waals surface area (Å²) in [6.45, 7) is 10.6. The topological polar surface area (TPSA) is 108 Å². The van der Waals surface area contributed by atoms with Gasteiger partial charge in [0.2, 0.25) is 5.95 Å². The highest BCUT2D eigenvalue weighted by molar-refractivity contribution is 5.84. The number of benzene rings is 1. The van der Waals surface area contributed by atoms with E-state index in [1.54, 1.807) is 26.2 Å². The molecular formula is C21H30N6O2. The Hall–Kier alpha value is -2.87. The van der Waals surface area contributed by atoms with E-state index in [9.17, 15) is 10.2 Å². The van der Waals surface area contributed by atoms with E-state index in [1.807, 2.05) is 23.6 Å². The van der Waals surface area contributed by atoms with Crippen molar-refractivity contribution in [1.29, 1.82) is 0 Å². The predicted molar refractivity (Wildman–Crippen MR) is 115 cm³/mol. The van der Waals surface area contributed by atoms with Gasteiger partial charge in [0.1, 0.15) is 5.75 Å². The molecule has 0 spiro atoms. The number of rotatable bonds is 8. The standard InChI is InChI=1S/C21H30N6O2/c1-13(2)27-12-24-17-18(23-11-15-10-14(3)6-7-16(15)28)25-20(26-19(17)27)22-9-8-21(4,5)29/h6-7,10,12-13,28-29H,8-9,11H2,1-5H3,(H2,22,23,25,26). The van der Waals surface area contributed by atoms with Crippen molar-refractivity contribution in [3.63, 3.8) is 0 Å². The molecule has 8 nitrogen and oxygen atoms in total. The number of anilines is 2. The fourth-order valence-electron chi connectivity index (χ4n) is 3.01. The van der Waals surface area contributed by atoms with Crippen molar-refractivity contribution in [2.45, 2.75) is 59.2 Å². The number of hydrogen-bond acceptors (Lipinski definition) is 7. The molecule has 3 rings (SSSR count). The minimum atomic E-state index is -0.763. The molecule has 0 amide bonds. The van der Waals surface area contributed by atoms with Crippen molar-refractivity contribution in [1.82, 2.24) is 19.5 Å². The Morgan fingerprint density at radius 3 is 2.62 bits per heavy atom. The molecule has 4 N–H and O–H groups in total. The monoisotopic (exact) mass is 398 g/mol. The molecule has 0 unspecified atom stereocenters. The highest BCUT2D eigenvalue weighted by Gasteiger charge is 2.16. The molecule has 29 heavy (non-hydrogen) atoms. The van der Waals surface area contributed by atoms with Gasteiger partial charge in [-0.2, -0.15) is 9.97 Å². The van der Waals surface area contributed by atoms with Crippen LogP contribution in [0.3, 0.4) is 0 Å². The number of nitrogens with zero attached hydrogens (tertiary/aromatic N) is 4. The lowest BCUT2D eigenvalue weighted by Gasteiger charge is -2.17. The average Bonchev–Trinajstić information content (AvgIpc) is 3.05. The van der Waals surface area contributed by atoms with E-state index in [4.69, 9.17) is 0 Å². The van der Waals surface area contributed by atoms with Gasteiger partial charge < -0.3 is 25.4 Å². The molecule has 2 aromatic heterocycles. The molecule has 8 heteroatoms. The van der Waals surface area contributed by atoms with Crippen LogP contribution in [0.25, 0.3) is 11.2 Å². The van der Waals surface area contributed by atoms with Crippen LogP contribution in [0.15, 0.2) is 24.5 Å². The summed E-state index contributed by atoms with van der Waals surface area (Å²) in [7, 11) is 0. The zero-order valence-electron chi connectivity index (χ0n) is 17.7. The third-order valence-electron chi connectivity index (χ3n) is 4.68. The number of aryl methyl sites for hydroxylation is 1. The minimum absolute atomic E-state index is 0.202. The maximum absolute atomic E-state index is 10.1. The van der Waals surface area contributed by atoms with Gasteiger partial charge in [0.15, 0.2) is 17.0 Å². The number of imidazole rings is 1. The van der Waals surface area contributed by atoms with Crippen LogP contribution in [0.5, 0.6) is 5.75 Å². The molecule has 0 aliphatic heterocycles. The van der Waals surface area contributed by atoms with Gasteiger partial charge in [0.25, 0.3) is 0 Å². The number of nitrogens with one attached hydrogen (secondary N) is 2. The van der Waals surface area contributed by atoms with Crippen molar-refractivity contribution in [3.8, 4) is 5.75 Å². The summed E-state index contributed by atoms with van der Waals surface area (Å²) < 4.78 is 1.99. The van der Waals surface area contributed by atoms with Gasteiger partial charge in [0.05, 0.1) is 11.9 Å². The second kappa shape index (κ2) is 8.24. The van der Waals surface area contributed by atoms with Crippen molar-refractivity contribution in [2.24, 2.45) is 0 Å². The highest BCUT2D eigenvalue weighted by atomic mass is 16.3. The van der Waals surface area contributed by atoms with Gasteiger partial charge in [-0.3, -0.25) is 0 Å². The van der Waals surface area contributed by atoms with Gasteiger partial charge in [-0.05, 0) is 47.1 Å². The molecule has 0 bridgehead atoms. The van der Waals surface area contributed by atoms with E-state index < -0.39 is 5.60 Å². The smallest absolute Gasteiger partial charge is 0.226 e. The lowest BCUT2D eigenvalue weighted by atomic mass is 10.1. The number of aliphatic hydroxyl groups is 1. The number of fused-ring (bicyclic) bond motifs is 1. The Kier molecular flexibility index (Phi) is 5.93. The molecule has 2 heterocycles. The second-order valence-electron chi connectivity index (χ2n) is 8.29. The SMILES string of the molecule is Cc1ccc(O)c(CNc2nc(NCCC(C)(C)O)nc3c2ncn3C(C)C)c1.